The van der Waals surface area contributed by atoms with E-state index in [-0.39, 0.29) is 17.9 Å². The zero-order valence-corrected chi connectivity index (χ0v) is 11.8. The van der Waals surface area contributed by atoms with Gasteiger partial charge in [0.2, 0.25) is 0 Å². The molecule has 0 bridgehead atoms. The molecule has 0 aliphatic heterocycles. The molecule has 6 atom stereocenters. The van der Waals surface area contributed by atoms with Crippen molar-refractivity contribution in [1.29, 1.82) is 0 Å². The van der Waals surface area contributed by atoms with Gasteiger partial charge in [-0.3, -0.25) is 0 Å². The van der Waals surface area contributed by atoms with Crippen molar-refractivity contribution in [2.24, 2.45) is 22.2 Å². The average Bonchev–Trinajstić information content (AvgIpc) is 2.59. The number of aliphatic hydroxyl groups excluding tert-OH is 3. The molecule has 0 saturated heterocycles. The lowest BCUT2D eigenvalue weighted by Crippen LogP contribution is -2.78. The molecule has 3 aliphatic rings. The third-order valence-corrected chi connectivity index (χ3v) is 6.63. The van der Waals surface area contributed by atoms with Crippen LogP contribution < -0.4 is 0 Å². The normalized spacial score (nSPS) is 58.4. The minimum atomic E-state index is -1.18. The first kappa shape index (κ1) is 13.6. The average molecular weight is 268 g/mol. The van der Waals surface area contributed by atoms with Crippen LogP contribution >= 0.6 is 0 Å². The molecule has 0 aromatic rings. The van der Waals surface area contributed by atoms with Crippen molar-refractivity contribution in [1.82, 2.24) is 0 Å². The van der Waals surface area contributed by atoms with Gasteiger partial charge in [-0.25, -0.2) is 0 Å². The van der Waals surface area contributed by atoms with E-state index in [1.807, 2.05) is 26.8 Å². The summed E-state index contributed by atoms with van der Waals surface area (Å²) in [5, 5.41) is 41.7. The molecular formula is C15H24O4. The predicted molar refractivity (Wildman–Crippen MR) is 70.2 cm³/mol. The van der Waals surface area contributed by atoms with E-state index < -0.39 is 28.6 Å². The van der Waals surface area contributed by atoms with Gasteiger partial charge in [0.05, 0.1) is 24.4 Å². The molecule has 0 heterocycles. The SMILES string of the molecule is CC1(C)C[C@H]2[C@@]1(O)[C@@H](O)C[C@]1(C)[C@H](O)C=C[C@@]21CO. The van der Waals surface area contributed by atoms with E-state index in [2.05, 4.69) is 0 Å². The maximum atomic E-state index is 11.0. The fourth-order valence-electron chi connectivity index (χ4n) is 5.09. The van der Waals surface area contributed by atoms with Crippen LogP contribution in [0.3, 0.4) is 0 Å². The van der Waals surface area contributed by atoms with Crippen molar-refractivity contribution in [2.45, 2.75) is 51.4 Å². The molecule has 4 heteroatoms. The Kier molecular flexibility index (Phi) is 2.44. The first-order chi connectivity index (χ1) is 8.66. The molecule has 2 fully saturated rings. The smallest absolute Gasteiger partial charge is 0.0993 e. The van der Waals surface area contributed by atoms with Gasteiger partial charge in [0.25, 0.3) is 0 Å². The highest BCUT2D eigenvalue weighted by Crippen LogP contribution is 2.72. The third-order valence-electron chi connectivity index (χ3n) is 6.63. The summed E-state index contributed by atoms with van der Waals surface area (Å²) in [5.74, 6) is -0.206. The fraction of sp³-hybridized carbons (Fsp3) is 0.867. The van der Waals surface area contributed by atoms with Gasteiger partial charge in [-0.15, -0.1) is 0 Å². The van der Waals surface area contributed by atoms with Gasteiger partial charge >= 0.3 is 0 Å². The van der Waals surface area contributed by atoms with E-state index in [1.165, 1.54) is 0 Å². The Labute approximate surface area is 113 Å². The molecule has 0 unspecified atom stereocenters. The Bertz CT molecular complexity index is 445. The molecule has 19 heavy (non-hydrogen) atoms. The summed E-state index contributed by atoms with van der Waals surface area (Å²) in [6, 6.07) is 0. The van der Waals surface area contributed by atoms with Crippen molar-refractivity contribution in [3.8, 4) is 0 Å². The Morgan fingerprint density at radius 1 is 1.16 bits per heavy atom. The zero-order valence-electron chi connectivity index (χ0n) is 11.8. The van der Waals surface area contributed by atoms with E-state index in [9.17, 15) is 20.4 Å². The van der Waals surface area contributed by atoms with Crippen molar-refractivity contribution >= 4 is 0 Å². The first-order valence-electron chi connectivity index (χ1n) is 7.04. The van der Waals surface area contributed by atoms with Crippen LogP contribution in [0.5, 0.6) is 0 Å². The molecule has 0 radical (unpaired) electrons. The zero-order chi connectivity index (χ0) is 14.3. The van der Waals surface area contributed by atoms with Crippen molar-refractivity contribution in [3.05, 3.63) is 12.2 Å². The van der Waals surface area contributed by atoms with Crippen LogP contribution in [0.2, 0.25) is 0 Å². The van der Waals surface area contributed by atoms with E-state index in [0.29, 0.717) is 6.42 Å². The lowest BCUT2D eigenvalue weighted by molar-refractivity contribution is -0.331. The number of fused-ring (bicyclic) bond motifs is 3. The molecule has 0 spiro atoms. The van der Waals surface area contributed by atoms with Gasteiger partial charge in [-0.1, -0.05) is 32.9 Å². The Morgan fingerprint density at radius 3 is 2.32 bits per heavy atom. The van der Waals surface area contributed by atoms with Gasteiger partial charge in [-0.2, -0.15) is 0 Å². The fourth-order valence-corrected chi connectivity index (χ4v) is 5.09. The molecule has 108 valence electrons. The second-order valence-electron chi connectivity index (χ2n) is 7.61. The van der Waals surface area contributed by atoms with E-state index in [1.54, 1.807) is 6.08 Å². The number of rotatable bonds is 1. The van der Waals surface area contributed by atoms with Crippen LogP contribution in [0.4, 0.5) is 0 Å². The Balaban J connectivity index is 2.12. The molecule has 0 aromatic heterocycles. The molecule has 4 N–H and O–H groups in total. The van der Waals surface area contributed by atoms with Gasteiger partial charge in [0, 0.05) is 16.7 Å². The molecule has 3 rings (SSSR count). The number of hydrogen-bond donors (Lipinski definition) is 4. The van der Waals surface area contributed by atoms with E-state index >= 15 is 0 Å². The molecule has 0 amide bonds. The maximum Gasteiger partial charge on any atom is 0.0993 e. The lowest BCUT2D eigenvalue weighted by Gasteiger charge is -2.71. The predicted octanol–water partition coefficient (Wildman–Crippen LogP) is 0.444. The third kappa shape index (κ3) is 1.16. The summed E-state index contributed by atoms with van der Waals surface area (Å²) < 4.78 is 0. The van der Waals surface area contributed by atoms with E-state index in [0.717, 1.165) is 6.42 Å². The summed E-state index contributed by atoms with van der Waals surface area (Å²) in [6.45, 7) is 5.71. The van der Waals surface area contributed by atoms with Crippen LogP contribution in [0, 0.1) is 22.2 Å². The van der Waals surface area contributed by atoms with Crippen LogP contribution in [-0.4, -0.2) is 44.8 Å². The molecule has 3 aliphatic carbocycles. The summed E-state index contributed by atoms with van der Waals surface area (Å²) in [5.41, 5.74) is -2.77. The summed E-state index contributed by atoms with van der Waals surface area (Å²) in [7, 11) is 0. The monoisotopic (exact) mass is 268 g/mol. The standard InChI is InChI=1S/C15H24O4/c1-12(2)6-9-14(8-16)5-4-10(17)13(14,3)7-11(18)15(9,12)19/h4-5,9-11,16-19H,6-8H2,1-3H3/t9-,10-,11+,13-,14-,15-/m1/s1. The quantitative estimate of drug-likeness (QED) is 0.520. The summed E-state index contributed by atoms with van der Waals surface area (Å²) >= 11 is 0. The van der Waals surface area contributed by atoms with Crippen LogP contribution in [-0.2, 0) is 0 Å². The van der Waals surface area contributed by atoms with Gasteiger partial charge in [0.15, 0.2) is 0 Å². The minimum Gasteiger partial charge on any atom is -0.395 e. The Hall–Kier alpha value is -0.420. The number of aliphatic hydroxyl groups is 4. The summed E-state index contributed by atoms with van der Waals surface area (Å²) in [4.78, 5) is 0. The highest BCUT2D eigenvalue weighted by Gasteiger charge is 2.76. The second-order valence-corrected chi connectivity index (χ2v) is 7.61. The lowest BCUT2D eigenvalue weighted by atomic mass is 9.35. The molecule has 0 aromatic carbocycles. The van der Waals surface area contributed by atoms with Crippen molar-refractivity contribution in [3.63, 3.8) is 0 Å². The maximum absolute atomic E-state index is 11.0. The Morgan fingerprint density at radius 2 is 1.79 bits per heavy atom. The van der Waals surface area contributed by atoms with Gasteiger partial charge in [-0.05, 0) is 18.3 Å². The van der Waals surface area contributed by atoms with E-state index in [4.69, 9.17) is 0 Å². The first-order valence-corrected chi connectivity index (χ1v) is 7.04. The van der Waals surface area contributed by atoms with Crippen molar-refractivity contribution < 1.29 is 20.4 Å². The van der Waals surface area contributed by atoms with Gasteiger partial charge in [0.1, 0.15) is 0 Å². The van der Waals surface area contributed by atoms with Crippen molar-refractivity contribution in [2.75, 3.05) is 6.61 Å². The van der Waals surface area contributed by atoms with Crippen LogP contribution in [0.25, 0.3) is 0 Å². The largest absolute Gasteiger partial charge is 0.395 e. The van der Waals surface area contributed by atoms with Crippen LogP contribution in [0.15, 0.2) is 12.2 Å². The highest BCUT2D eigenvalue weighted by molar-refractivity contribution is 5.34. The van der Waals surface area contributed by atoms with Crippen LogP contribution in [0.1, 0.15) is 33.6 Å². The highest BCUT2D eigenvalue weighted by atomic mass is 16.3. The summed E-state index contributed by atoms with van der Waals surface area (Å²) in [6.07, 6.45) is 3.09. The molecule has 4 nitrogen and oxygen atoms in total. The van der Waals surface area contributed by atoms with Gasteiger partial charge < -0.3 is 20.4 Å². The minimum absolute atomic E-state index is 0.104. The second kappa shape index (κ2) is 3.42. The molecule has 2 saturated carbocycles. The topological polar surface area (TPSA) is 80.9 Å². The number of hydrogen-bond acceptors (Lipinski definition) is 4. The molecular weight excluding hydrogens is 244 g/mol.